The fraction of sp³-hybridized carbons (Fsp3) is 0.500. The Hall–Kier alpha value is -1.76. The van der Waals surface area contributed by atoms with Crippen LogP contribution in [0.2, 0.25) is 0 Å². The second-order valence-electron chi connectivity index (χ2n) is 5.74. The normalized spacial score (nSPS) is 19.0. The predicted molar refractivity (Wildman–Crippen MR) is 82.7 cm³/mol. The summed E-state index contributed by atoms with van der Waals surface area (Å²) in [6, 6.07) is 9.88. The number of hydrogen-bond donors (Lipinski definition) is 2. The topological polar surface area (TPSA) is 72.2 Å². The van der Waals surface area contributed by atoms with Gasteiger partial charge in [-0.3, -0.25) is 0 Å². The molecule has 118 valence electrons. The summed E-state index contributed by atoms with van der Waals surface area (Å²) in [4.78, 5) is 4.32. The molecule has 1 aliphatic rings. The molecule has 1 unspecified atom stereocenters. The molecule has 1 aliphatic heterocycles. The van der Waals surface area contributed by atoms with E-state index in [1.807, 2.05) is 41.9 Å². The molecule has 0 bridgehead atoms. The summed E-state index contributed by atoms with van der Waals surface area (Å²) in [6.45, 7) is 3.79. The monoisotopic (exact) mass is 302 g/mol. The van der Waals surface area contributed by atoms with Crippen molar-refractivity contribution >= 4 is 0 Å². The fourth-order valence-corrected chi connectivity index (χ4v) is 2.76. The van der Waals surface area contributed by atoms with Crippen molar-refractivity contribution in [1.82, 2.24) is 20.1 Å². The Labute approximate surface area is 130 Å². The van der Waals surface area contributed by atoms with Gasteiger partial charge in [0.05, 0.1) is 17.8 Å². The summed E-state index contributed by atoms with van der Waals surface area (Å²) < 4.78 is 7.14. The van der Waals surface area contributed by atoms with Gasteiger partial charge in [-0.2, -0.15) is 5.10 Å². The molecule has 2 heterocycles. The molecule has 0 spiro atoms. The number of aliphatic hydroxyl groups is 1. The van der Waals surface area contributed by atoms with Gasteiger partial charge in [0.25, 0.3) is 0 Å². The molecule has 2 aromatic rings. The quantitative estimate of drug-likeness (QED) is 0.871. The molecule has 2 N–H and O–H groups in total. The lowest BCUT2D eigenvalue weighted by molar-refractivity contribution is -0.0820. The van der Waals surface area contributed by atoms with Crippen molar-refractivity contribution in [1.29, 1.82) is 0 Å². The number of ether oxygens (including phenoxy) is 1. The second kappa shape index (κ2) is 6.56. The van der Waals surface area contributed by atoms with Gasteiger partial charge in [0.2, 0.25) is 0 Å². The Morgan fingerprint density at radius 1 is 1.32 bits per heavy atom. The van der Waals surface area contributed by atoms with E-state index in [0.29, 0.717) is 32.6 Å². The average molecular weight is 302 g/mol. The number of nitrogens with one attached hydrogen (secondary N) is 1. The number of nitrogens with zero attached hydrogens (tertiary/aromatic N) is 3. The van der Waals surface area contributed by atoms with Gasteiger partial charge in [-0.05, 0) is 19.1 Å². The maximum Gasteiger partial charge on any atom is 0.146 e. The van der Waals surface area contributed by atoms with Gasteiger partial charge in [0.1, 0.15) is 12.2 Å². The lowest BCUT2D eigenvalue weighted by Gasteiger charge is -2.37. The van der Waals surface area contributed by atoms with Crippen molar-refractivity contribution in [2.24, 2.45) is 0 Å². The lowest BCUT2D eigenvalue weighted by Crippen LogP contribution is -2.52. The number of aromatic nitrogens is 3. The van der Waals surface area contributed by atoms with E-state index in [-0.39, 0.29) is 6.04 Å². The SMILES string of the molecule is CC(NCc1ncnn1-c1ccccc1)C1(O)CCOCC1. The third kappa shape index (κ3) is 3.19. The molecule has 0 aliphatic carbocycles. The molecule has 6 heteroatoms. The van der Waals surface area contributed by atoms with Gasteiger partial charge in [-0.1, -0.05) is 18.2 Å². The molecule has 0 saturated carbocycles. The number of para-hydroxylation sites is 1. The van der Waals surface area contributed by atoms with Crippen molar-refractivity contribution in [2.75, 3.05) is 13.2 Å². The Kier molecular flexibility index (Phi) is 4.52. The van der Waals surface area contributed by atoms with E-state index in [0.717, 1.165) is 11.5 Å². The predicted octanol–water partition coefficient (Wildman–Crippen LogP) is 1.29. The molecule has 1 fully saturated rings. The van der Waals surface area contributed by atoms with Crippen LogP contribution in [0.4, 0.5) is 0 Å². The van der Waals surface area contributed by atoms with Crippen LogP contribution < -0.4 is 5.32 Å². The van der Waals surface area contributed by atoms with Crippen molar-refractivity contribution in [3.8, 4) is 5.69 Å². The minimum absolute atomic E-state index is 0.0303. The zero-order valence-corrected chi connectivity index (χ0v) is 12.8. The number of hydrogen-bond acceptors (Lipinski definition) is 5. The van der Waals surface area contributed by atoms with Gasteiger partial charge < -0.3 is 15.2 Å². The van der Waals surface area contributed by atoms with Crippen LogP contribution in [0.3, 0.4) is 0 Å². The minimum atomic E-state index is -0.712. The van der Waals surface area contributed by atoms with Gasteiger partial charge in [-0.25, -0.2) is 9.67 Å². The van der Waals surface area contributed by atoms with Crippen molar-refractivity contribution in [3.63, 3.8) is 0 Å². The lowest BCUT2D eigenvalue weighted by atomic mass is 9.87. The van der Waals surface area contributed by atoms with Crippen LogP contribution in [-0.2, 0) is 11.3 Å². The van der Waals surface area contributed by atoms with Crippen LogP contribution in [0.25, 0.3) is 5.69 Å². The highest BCUT2D eigenvalue weighted by Gasteiger charge is 2.35. The Morgan fingerprint density at radius 2 is 2.05 bits per heavy atom. The summed E-state index contributed by atoms with van der Waals surface area (Å²) in [6.07, 6.45) is 2.87. The van der Waals surface area contributed by atoms with Crippen LogP contribution in [0.1, 0.15) is 25.6 Å². The first-order valence-corrected chi connectivity index (χ1v) is 7.67. The highest BCUT2D eigenvalue weighted by atomic mass is 16.5. The molecule has 1 atom stereocenters. The first kappa shape index (κ1) is 15.1. The number of benzene rings is 1. The van der Waals surface area contributed by atoms with Crippen LogP contribution >= 0.6 is 0 Å². The third-order valence-electron chi connectivity index (χ3n) is 4.35. The second-order valence-corrected chi connectivity index (χ2v) is 5.74. The molecule has 1 aromatic carbocycles. The van der Waals surface area contributed by atoms with E-state index >= 15 is 0 Å². The Bertz CT molecular complexity index is 593. The molecule has 6 nitrogen and oxygen atoms in total. The van der Waals surface area contributed by atoms with E-state index < -0.39 is 5.60 Å². The fourth-order valence-electron chi connectivity index (χ4n) is 2.76. The zero-order chi connectivity index (χ0) is 15.4. The average Bonchev–Trinajstić information content (AvgIpc) is 3.02. The molecular formula is C16H22N4O2. The summed E-state index contributed by atoms with van der Waals surface area (Å²) in [5.41, 5.74) is 0.268. The Morgan fingerprint density at radius 3 is 2.77 bits per heavy atom. The summed E-state index contributed by atoms with van der Waals surface area (Å²) in [7, 11) is 0. The van der Waals surface area contributed by atoms with Crippen molar-refractivity contribution in [3.05, 3.63) is 42.5 Å². The molecule has 3 rings (SSSR count). The van der Waals surface area contributed by atoms with E-state index in [9.17, 15) is 5.11 Å². The molecular weight excluding hydrogens is 280 g/mol. The van der Waals surface area contributed by atoms with Crippen molar-refractivity contribution < 1.29 is 9.84 Å². The first-order chi connectivity index (χ1) is 10.7. The van der Waals surface area contributed by atoms with E-state index in [4.69, 9.17) is 4.74 Å². The van der Waals surface area contributed by atoms with Crippen LogP contribution in [-0.4, -0.2) is 44.7 Å². The van der Waals surface area contributed by atoms with Crippen LogP contribution in [0.5, 0.6) is 0 Å². The van der Waals surface area contributed by atoms with Crippen molar-refractivity contribution in [2.45, 2.75) is 38.0 Å². The van der Waals surface area contributed by atoms with Crippen LogP contribution in [0.15, 0.2) is 36.7 Å². The van der Waals surface area contributed by atoms with E-state index in [1.165, 1.54) is 0 Å². The maximum atomic E-state index is 10.7. The maximum absolute atomic E-state index is 10.7. The zero-order valence-electron chi connectivity index (χ0n) is 12.8. The summed E-state index contributed by atoms with van der Waals surface area (Å²) >= 11 is 0. The van der Waals surface area contributed by atoms with Gasteiger partial charge in [-0.15, -0.1) is 0 Å². The largest absolute Gasteiger partial charge is 0.388 e. The molecule has 1 aromatic heterocycles. The Balaban J connectivity index is 1.66. The highest BCUT2D eigenvalue weighted by Crippen LogP contribution is 2.24. The van der Waals surface area contributed by atoms with E-state index in [1.54, 1.807) is 6.33 Å². The molecule has 22 heavy (non-hydrogen) atoms. The first-order valence-electron chi connectivity index (χ1n) is 7.67. The molecule has 0 radical (unpaired) electrons. The third-order valence-corrected chi connectivity index (χ3v) is 4.35. The smallest absolute Gasteiger partial charge is 0.146 e. The summed E-state index contributed by atoms with van der Waals surface area (Å²) in [5, 5.41) is 18.3. The van der Waals surface area contributed by atoms with Crippen LogP contribution in [0, 0.1) is 0 Å². The molecule has 1 saturated heterocycles. The van der Waals surface area contributed by atoms with Gasteiger partial charge in [0, 0.05) is 32.1 Å². The minimum Gasteiger partial charge on any atom is -0.388 e. The van der Waals surface area contributed by atoms with Gasteiger partial charge in [0.15, 0.2) is 0 Å². The number of rotatable bonds is 5. The standard InChI is InChI=1S/C16H22N4O2/c1-13(16(21)7-9-22-10-8-16)17-11-15-18-12-19-20(15)14-5-3-2-4-6-14/h2-6,12-13,17,21H,7-11H2,1H3. The molecule has 0 amide bonds. The van der Waals surface area contributed by atoms with Gasteiger partial charge >= 0.3 is 0 Å². The van der Waals surface area contributed by atoms with E-state index in [2.05, 4.69) is 15.4 Å². The highest BCUT2D eigenvalue weighted by molar-refractivity contribution is 5.30. The summed E-state index contributed by atoms with van der Waals surface area (Å²) in [5.74, 6) is 0.828.